The van der Waals surface area contributed by atoms with Gasteiger partial charge in [0.25, 0.3) is 5.91 Å². The Morgan fingerprint density at radius 2 is 2.05 bits per heavy atom. The van der Waals surface area contributed by atoms with Gasteiger partial charge in [-0.25, -0.2) is 4.79 Å². The number of rotatable bonds is 4. The number of aryl methyl sites for hydroxylation is 1. The fourth-order valence-electron chi connectivity index (χ4n) is 1.96. The Kier molecular flexibility index (Phi) is 4.60. The molecule has 6 heteroatoms. The van der Waals surface area contributed by atoms with Gasteiger partial charge < -0.3 is 14.5 Å². The van der Waals surface area contributed by atoms with Gasteiger partial charge in [-0.05, 0) is 32.9 Å². The zero-order valence-electron chi connectivity index (χ0n) is 12.6. The molecule has 1 atom stereocenters. The molecule has 2 aromatic rings. The molecule has 0 fully saturated rings. The zero-order valence-corrected chi connectivity index (χ0v) is 12.6. The third kappa shape index (κ3) is 3.33. The highest BCUT2D eigenvalue weighted by Gasteiger charge is 2.20. The minimum atomic E-state index is -0.966. The van der Waals surface area contributed by atoms with Gasteiger partial charge in [0.2, 0.25) is 5.76 Å². The number of benzene rings is 1. The Morgan fingerprint density at radius 1 is 1.32 bits per heavy atom. The second-order valence-corrected chi connectivity index (χ2v) is 4.92. The SMILES string of the molecule is CCNC(=O)[C@@H](C)OC(=O)c1cc(=O)c2cc(C)ccc2o1. The lowest BCUT2D eigenvalue weighted by Gasteiger charge is -2.12. The van der Waals surface area contributed by atoms with Gasteiger partial charge >= 0.3 is 5.97 Å². The number of nitrogens with one attached hydrogen (secondary N) is 1. The monoisotopic (exact) mass is 303 g/mol. The van der Waals surface area contributed by atoms with Crippen LogP contribution in [-0.4, -0.2) is 24.5 Å². The molecule has 2 rings (SSSR count). The molecule has 0 bridgehead atoms. The van der Waals surface area contributed by atoms with Crippen LogP contribution < -0.4 is 10.7 Å². The van der Waals surface area contributed by atoms with Crippen LogP contribution in [0.1, 0.15) is 30.0 Å². The first-order valence-corrected chi connectivity index (χ1v) is 6.95. The molecule has 0 spiro atoms. The van der Waals surface area contributed by atoms with Crippen LogP contribution in [0.2, 0.25) is 0 Å². The molecule has 0 aliphatic carbocycles. The number of likely N-dealkylation sites (N-methyl/N-ethyl adjacent to an activating group) is 1. The Bertz CT molecular complexity index is 778. The summed E-state index contributed by atoms with van der Waals surface area (Å²) in [5.74, 6) is -1.48. The second-order valence-electron chi connectivity index (χ2n) is 4.92. The molecule has 1 aromatic carbocycles. The van der Waals surface area contributed by atoms with E-state index in [4.69, 9.17) is 9.15 Å². The molecule has 1 amide bonds. The minimum absolute atomic E-state index is 0.225. The summed E-state index contributed by atoms with van der Waals surface area (Å²) in [6, 6.07) is 6.16. The van der Waals surface area contributed by atoms with E-state index in [-0.39, 0.29) is 11.2 Å². The first-order chi connectivity index (χ1) is 10.4. The number of hydrogen-bond acceptors (Lipinski definition) is 5. The summed E-state index contributed by atoms with van der Waals surface area (Å²) in [6.07, 6.45) is -0.966. The third-order valence-corrected chi connectivity index (χ3v) is 3.09. The molecule has 0 unspecified atom stereocenters. The van der Waals surface area contributed by atoms with E-state index in [0.717, 1.165) is 11.6 Å². The van der Waals surface area contributed by atoms with Gasteiger partial charge in [-0.2, -0.15) is 0 Å². The largest absolute Gasteiger partial charge is 0.449 e. The van der Waals surface area contributed by atoms with Crippen molar-refractivity contribution in [2.45, 2.75) is 26.9 Å². The maximum atomic E-state index is 12.0. The molecule has 0 radical (unpaired) electrons. The maximum absolute atomic E-state index is 12.0. The highest BCUT2D eigenvalue weighted by atomic mass is 16.6. The molecule has 0 aliphatic rings. The lowest BCUT2D eigenvalue weighted by Crippen LogP contribution is -2.35. The van der Waals surface area contributed by atoms with Crippen molar-refractivity contribution in [1.29, 1.82) is 0 Å². The first-order valence-electron chi connectivity index (χ1n) is 6.95. The fourth-order valence-corrected chi connectivity index (χ4v) is 1.96. The molecule has 0 saturated carbocycles. The van der Waals surface area contributed by atoms with Crippen molar-refractivity contribution in [1.82, 2.24) is 5.32 Å². The molecular formula is C16H17NO5. The van der Waals surface area contributed by atoms with Crippen molar-refractivity contribution in [3.63, 3.8) is 0 Å². The smallest absolute Gasteiger partial charge is 0.375 e. The van der Waals surface area contributed by atoms with E-state index < -0.39 is 18.0 Å². The van der Waals surface area contributed by atoms with Crippen LogP contribution >= 0.6 is 0 Å². The van der Waals surface area contributed by atoms with Gasteiger partial charge in [0.1, 0.15) is 5.58 Å². The molecule has 1 aromatic heterocycles. The van der Waals surface area contributed by atoms with Crippen molar-refractivity contribution in [3.05, 3.63) is 45.8 Å². The molecule has 22 heavy (non-hydrogen) atoms. The number of amides is 1. The summed E-state index contributed by atoms with van der Waals surface area (Å²) in [7, 11) is 0. The summed E-state index contributed by atoms with van der Waals surface area (Å²) in [6.45, 7) is 5.50. The molecule has 1 heterocycles. The number of carbonyl (C=O) groups is 2. The number of ether oxygens (including phenoxy) is 1. The van der Waals surface area contributed by atoms with Crippen LogP contribution in [0.15, 0.2) is 33.5 Å². The van der Waals surface area contributed by atoms with Crippen molar-refractivity contribution < 1.29 is 18.7 Å². The van der Waals surface area contributed by atoms with Crippen LogP contribution in [0.3, 0.4) is 0 Å². The normalized spacial score (nSPS) is 12.0. The minimum Gasteiger partial charge on any atom is -0.449 e. The van der Waals surface area contributed by atoms with E-state index in [9.17, 15) is 14.4 Å². The molecule has 1 N–H and O–H groups in total. The van der Waals surface area contributed by atoms with Gasteiger partial charge in [0.05, 0.1) is 5.39 Å². The van der Waals surface area contributed by atoms with Crippen LogP contribution in [0.25, 0.3) is 11.0 Å². The summed E-state index contributed by atoms with van der Waals surface area (Å²) in [4.78, 5) is 35.6. The third-order valence-electron chi connectivity index (χ3n) is 3.09. The van der Waals surface area contributed by atoms with Crippen molar-refractivity contribution >= 4 is 22.8 Å². The lowest BCUT2D eigenvalue weighted by atomic mass is 10.1. The Labute approximate surface area is 127 Å². The number of carbonyl (C=O) groups excluding carboxylic acids is 2. The summed E-state index contributed by atoms with van der Waals surface area (Å²) in [5, 5.41) is 2.94. The van der Waals surface area contributed by atoms with E-state index in [1.807, 2.05) is 6.92 Å². The Morgan fingerprint density at radius 3 is 2.73 bits per heavy atom. The summed E-state index contributed by atoms with van der Waals surface area (Å²) in [5.41, 5.74) is 0.887. The highest BCUT2D eigenvalue weighted by Crippen LogP contribution is 2.15. The molecular weight excluding hydrogens is 286 g/mol. The Hall–Kier alpha value is -2.63. The van der Waals surface area contributed by atoms with Gasteiger partial charge in [-0.1, -0.05) is 11.6 Å². The summed E-state index contributed by atoms with van der Waals surface area (Å²) >= 11 is 0. The van der Waals surface area contributed by atoms with Gasteiger partial charge in [-0.3, -0.25) is 9.59 Å². The average Bonchev–Trinajstić information content (AvgIpc) is 2.47. The van der Waals surface area contributed by atoms with Crippen LogP contribution in [0, 0.1) is 6.92 Å². The Balaban J connectivity index is 2.27. The predicted molar refractivity (Wildman–Crippen MR) is 80.8 cm³/mol. The van der Waals surface area contributed by atoms with Crippen molar-refractivity contribution in [3.8, 4) is 0 Å². The van der Waals surface area contributed by atoms with E-state index in [1.54, 1.807) is 25.1 Å². The molecule has 6 nitrogen and oxygen atoms in total. The topological polar surface area (TPSA) is 85.6 Å². The number of esters is 1. The van der Waals surface area contributed by atoms with Gasteiger partial charge in [0.15, 0.2) is 11.5 Å². The molecule has 0 aliphatic heterocycles. The molecule has 0 saturated heterocycles. The standard InChI is InChI=1S/C16H17NO5/c1-4-17-15(19)10(3)21-16(20)14-8-12(18)11-7-9(2)5-6-13(11)22-14/h5-8,10H,4H2,1-3H3,(H,17,19)/t10-/m1/s1. The number of fused-ring (bicyclic) bond motifs is 1. The van der Waals surface area contributed by atoms with E-state index in [2.05, 4.69) is 5.32 Å². The summed E-state index contributed by atoms with van der Waals surface area (Å²) < 4.78 is 10.4. The van der Waals surface area contributed by atoms with Gasteiger partial charge in [0, 0.05) is 12.6 Å². The van der Waals surface area contributed by atoms with E-state index in [1.165, 1.54) is 6.92 Å². The first kappa shape index (κ1) is 15.8. The van der Waals surface area contributed by atoms with Crippen LogP contribution in [0.4, 0.5) is 0 Å². The number of hydrogen-bond donors (Lipinski definition) is 1. The van der Waals surface area contributed by atoms with Crippen LogP contribution in [-0.2, 0) is 9.53 Å². The van der Waals surface area contributed by atoms with Crippen molar-refractivity contribution in [2.75, 3.05) is 6.54 Å². The lowest BCUT2D eigenvalue weighted by molar-refractivity contribution is -0.129. The zero-order chi connectivity index (χ0) is 16.3. The second kappa shape index (κ2) is 6.43. The predicted octanol–water partition coefficient (Wildman–Crippen LogP) is 1.78. The molecule has 116 valence electrons. The van der Waals surface area contributed by atoms with Crippen LogP contribution in [0.5, 0.6) is 0 Å². The van der Waals surface area contributed by atoms with E-state index in [0.29, 0.717) is 17.5 Å². The van der Waals surface area contributed by atoms with E-state index >= 15 is 0 Å². The fraction of sp³-hybridized carbons (Fsp3) is 0.312. The highest BCUT2D eigenvalue weighted by molar-refractivity contribution is 5.91. The quantitative estimate of drug-likeness (QED) is 0.870. The van der Waals surface area contributed by atoms with Crippen molar-refractivity contribution in [2.24, 2.45) is 0 Å². The maximum Gasteiger partial charge on any atom is 0.375 e. The average molecular weight is 303 g/mol. The van der Waals surface area contributed by atoms with Gasteiger partial charge in [-0.15, -0.1) is 0 Å².